The molecule has 0 saturated heterocycles. The van der Waals surface area contributed by atoms with E-state index in [1.807, 2.05) is 6.92 Å². The molecular weight excluding hydrogens is 274 g/mol. The zero-order valence-electron chi connectivity index (χ0n) is 12.6. The van der Waals surface area contributed by atoms with E-state index in [4.69, 9.17) is 0 Å². The molecule has 0 aliphatic heterocycles. The van der Waals surface area contributed by atoms with Gasteiger partial charge >= 0.3 is 0 Å². The van der Waals surface area contributed by atoms with E-state index < -0.39 is 10.0 Å². The molecule has 112 valence electrons. The first-order valence-electron chi connectivity index (χ1n) is 6.14. The molecule has 20 heavy (non-hydrogen) atoms. The summed E-state index contributed by atoms with van der Waals surface area (Å²) in [5.41, 5.74) is 1.19. The Bertz CT molecular complexity index is 553. The molecule has 5 nitrogen and oxygen atoms in total. The van der Waals surface area contributed by atoms with Gasteiger partial charge in [-0.2, -0.15) is 8.42 Å². The molecule has 0 saturated carbocycles. The van der Waals surface area contributed by atoms with Crippen molar-refractivity contribution in [1.82, 2.24) is 9.62 Å². The van der Waals surface area contributed by atoms with E-state index in [2.05, 4.69) is 29.5 Å². The molecular formula is C14H23N3O2S. The van der Waals surface area contributed by atoms with Crippen LogP contribution in [0.5, 0.6) is 0 Å². The summed E-state index contributed by atoms with van der Waals surface area (Å²) in [6.45, 7) is 16.4. The van der Waals surface area contributed by atoms with E-state index in [0.717, 1.165) is 5.71 Å². The van der Waals surface area contributed by atoms with Crippen molar-refractivity contribution in [2.45, 2.75) is 27.2 Å². The van der Waals surface area contributed by atoms with Gasteiger partial charge in [-0.05, 0) is 26.3 Å². The molecule has 0 aliphatic rings. The van der Waals surface area contributed by atoms with Gasteiger partial charge in [-0.25, -0.2) is 4.99 Å². The van der Waals surface area contributed by atoms with Crippen molar-refractivity contribution in [3.8, 4) is 0 Å². The van der Waals surface area contributed by atoms with Crippen LogP contribution in [0.4, 0.5) is 0 Å². The monoisotopic (exact) mass is 297 g/mol. The van der Waals surface area contributed by atoms with Gasteiger partial charge in [0, 0.05) is 18.5 Å². The van der Waals surface area contributed by atoms with Crippen LogP contribution in [0.3, 0.4) is 0 Å². The third-order valence-corrected chi connectivity index (χ3v) is 3.72. The number of rotatable bonds is 8. The summed E-state index contributed by atoms with van der Waals surface area (Å²) < 4.78 is 26.8. The number of nitrogens with one attached hydrogen (secondary N) is 1. The lowest BCUT2D eigenvalue weighted by atomic mass is 10.3. The minimum Gasteiger partial charge on any atom is -0.320 e. The third kappa shape index (κ3) is 5.44. The van der Waals surface area contributed by atoms with Crippen LogP contribution >= 0.6 is 0 Å². The number of allylic oxidation sites excluding steroid dienone is 2. The Balaban J connectivity index is 5.18. The quantitative estimate of drug-likeness (QED) is 0.553. The Labute approximate surface area is 122 Å². The van der Waals surface area contributed by atoms with Crippen LogP contribution in [-0.2, 0) is 10.0 Å². The summed E-state index contributed by atoms with van der Waals surface area (Å²) in [5.74, 6) is 0.306. The number of sulfonamides is 1. The van der Waals surface area contributed by atoms with Crippen molar-refractivity contribution < 1.29 is 8.42 Å². The Hall–Kier alpha value is -1.82. The normalized spacial score (nSPS) is 11.5. The maximum Gasteiger partial charge on any atom is 0.276 e. The van der Waals surface area contributed by atoms with E-state index in [1.165, 1.54) is 11.0 Å². The van der Waals surface area contributed by atoms with E-state index in [9.17, 15) is 8.42 Å². The Morgan fingerprint density at radius 1 is 1.35 bits per heavy atom. The topological polar surface area (TPSA) is 61.8 Å². The van der Waals surface area contributed by atoms with Gasteiger partial charge in [0.15, 0.2) is 0 Å². The molecule has 0 aromatic carbocycles. The maximum absolute atomic E-state index is 12.2. The minimum atomic E-state index is -3.76. The van der Waals surface area contributed by atoms with Crippen molar-refractivity contribution in [3.05, 3.63) is 48.4 Å². The first-order chi connectivity index (χ1) is 9.15. The summed E-state index contributed by atoms with van der Waals surface area (Å²) in [6.07, 6.45) is 3.86. The van der Waals surface area contributed by atoms with E-state index in [0.29, 0.717) is 17.9 Å². The number of aliphatic imine (C=N–C) groups is 1. The number of nitrogens with zero attached hydrogens (tertiary/aromatic N) is 2. The van der Waals surface area contributed by atoms with Gasteiger partial charge in [0.05, 0.1) is 0 Å². The highest BCUT2D eigenvalue weighted by Gasteiger charge is 2.21. The lowest BCUT2D eigenvalue weighted by Crippen LogP contribution is -2.31. The average molecular weight is 297 g/mol. The Kier molecular flexibility index (Phi) is 6.99. The van der Waals surface area contributed by atoms with Crippen LogP contribution in [0.25, 0.3) is 0 Å². The highest BCUT2D eigenvalue weighted by molar-refractivity contribution is 7.93. The van der Waals surface area contributed by atoms with E-state index in [1.54, 1.807) is 27.0 Å². The molecule has 0 rings (SSSR count). The molecule has 0 aliphatic carbocycles. The lowest BCUT2D eigenvalue weighted by Gasteiger charge is -2.21. The fourth-order valence-corrected chi connectivity index (χ4v) is 2.32. The van der Waals surface area contributed by atoms with Crippen LogP contribution < -0.4 is 4.72 Å². The van der Waals surface area contributed by atoms with Crippen molar-refractivity contribution >= 4 is 15.7 Å². The zero-order chi connectivity index (χ0) is 15.9. The molecule has 6 heteroatoms. The highest BCUT2D eigenvalue weighted by atomic mass is 32.2. The molecule has 0 unspecified atom stereocenters. The van der Waals surface area contributed by atoms with Gasteiger partial charge in [-0.15, -0.1) is 0 Å². The molecule has 0 bridgehead atoms. The van der Waals surface area contributed by atoms with Crippen molar-refractivity contribution in [1.29, 1.82) is 0 Å². The minimum absolute atomic E-state index is 0.128. The van der Waals surface area contributed by atoms with Gasteiger partial charge in [-0.1, -0.05) is 32.7 Å². The third-order valence-electron chi connectivity index (χ3n) is 2.32. The van der Waals surface area contributed by atoms with Gasteiger partial charge in [0.1, 0.15) is 10.9 Å². The molecule has 0 aromatic heterocycles. The first-order valence-corrected chi connectivity index (χ1v) is 7.62. The second-order valence-corrected chi connectivity index (χ2v) is 5.99. The van der Waals surface area contributed by atoms with Gasteiger partial charge in [-0.3, -0.25) is 4.72 Å². The summed E-state index contributed by atoms with van der Waals surface area (Å²) in [6, 6.07) is 0. The second-order valence-electron chi connectivity index (χ2n) is 4.31. The fourth-order valence-electron chi connectivity index (χ4n) is 1.26. The van der Waals surface area contributed by atoms with Crippen molar-refractivity contribution in [3.63, 3.8) is 0 Å². The van der Waals surface area contributed by atoms with Crippen LogP contribution in [-0.4, -0.2) is 26.1 Å². The number of hydrogen-bond donors (Lipinski definition) is 1. The lowest BCUT2D eigenvalue weighted by molar-refractivity contribution is 0.523. The molecule has 0 radical (unpaired) electrons. The number of hydrogen-bond acceptors (Lipinski definition) is 4. The summed E-state index contributed by atoms with van der Waals surface area (Å²) in [7, 11) is -2.21. The molecule has 0 heterocycles. The predicted molar refractivity (Wildman–Crippen MR) is 85.5 cm³/mol. The summed E-state index contributed by atoms with van der Waals surface area (Å²) >= 11 is 0. The zero-order valence-corrected chi connectivity index (χ0v) is 13.4. The van der Waals surface area contributed by atoms with E-state index in [-0.39, 0.29) is 5.03 Å². The second kappa shape index (κ2) is 7.69. The first kappa shape index (κ1) is 18.2. The van der Waals surface area contributed by atoms with Gasteiger partial charge < -0.3 is 4.90 Å². The fraction of sp³-hybridized carbons (Fsp3) is 0.357. The summed E-state index contributed by atoms with van der Waals surface area (Å²) in [4.78, 5) is 5.43. The van der Waals surface area contributed by atoms with Gasteiger partial charge in [0.25, 0.3) is 10.0 Å². The smallest absolute Gasteiger partial charge is 0.276 e. The Morgan fingerprint density at radius 2 is 1.90 bits per heavy atom. The molecule has 0 atom stereocenters. The van der Waals surface area contributed by atoms with Crippen LogP contribution in [0.1, 0.15) is 27.2 Å². The molecule has 0 spiro atoms. The maximum atomic E-state index is 12.2. The van der Waals surface area contributed by atoms with Crippen molar-refractivity contribution in [2.24, 2.45) is 4.99 Å². The SMILES string of the molecule is C=C/C(=C\CC)NS(=O)(=O)C(=C)N(C)C(=C)N=C(C)C. The molecule has 1 N–H and O–H groups in total. The standard InChI is InChI=1S/C14H23N3O2S/c1-8-10-14(9-2)16-20(18,19)13(6)17(7)12(5)15-11(3)4/h9-10,16H,2,5-6,8H2,1,3-4,7H3/b14-10+. The van der Waals surface area contributed by atoms with E-state index >= 15 is 0 Å². The molecule has 0 fully saturated rings. The molecule has 0 aromatic rings. The van der Waals surface area contributed by atoms with Crippen LogP contribution in [0.2, 0.25) is 0 Å². The summed E-state index contributed by atoms with van der Waals surface area (Å²) in [5, 5.41) is -0.128. The van der Waals surface area contributed by atoms with Crippen LogP contribution in [0, 0.1) is 0 Å². The predicted octanol–water partition coefficient (Wildman–Crippen LogP) is 2.74. The molecule has 0 amide bonds. The van der Waals surface area contributed by atoms with Crippen molar-refractivity contribution in [2.75, 3.05) is 7.05 Å². The largest absolute Gasteiger partial charge is 0.320 e. The van der Waals surface area contributed by atoms with Crippen LogP contribution in [0.15, 0.2) is 53.4 Å². The Morgan fingerprint density at radius 3 is 2.30 bits per heavy atom. The van der Waals surface area contributed by atoms with Gasteiger partial charge in [0.2, 0.25) is 0 Å². The average Bonchev–Trinajstić information content (AvgIpc) is 2.35. The highest BCUT2D eigenvalue weighted by Crippen LogP contribution is 2.15.